The van der Waals surface area contributed by atoms with Gasteiger partial charge in [0.15, 0.2) is 16.7 Å². The van der Waals surface area contributed by atoms with Gasteiger partial charge in [-0.1, -0.05) is 58.0 Å². The van der Waals surface area contributed by atoms with E-state index in [1.54, 1.807) is 29.3 Å². The first-order chi connectivity index (χ1) is 37.3. The van der Waals surface area contributed by atoms with Crippen molar-refractivity contribution in [2.24, 2.45) is 4.99 Å². The van der Waals surface area contributed by atoms with Crippen molar-refractivity contribution < 1.29 is 60.8 Å². The molecule has 0 aliphatic carbocycles. The summed E-state index contributed by atoms with van der Waals surface area (Å²) in [5.41, 5.74) is 9.15. The van der Waals surface area contributed by atoms with Crippen LogP contribution in [0.2, 0.25) is 0 Å². The molecule has 0 spiro atoms. The second-order valence-electron chi connectivity index (χ2n) is 20.5. The number of imide groups is 1. The van der Waals surface area contributed by atoms with Gasteiger partial charge in [-0.25, -0.2) is 4.79 Å². The summed E-state index contributed by atoms with van der Waals surface area (Å²) >= 11 is 0. The predicted octanol–water partition coefficient (Wildman–Crippen LogP) is 9.10. The number of carbonyl (C=O) groups excluding carboxylic acids is 6. The Bertz CT molecular complexity index is 3400. The lowest BCUT2D eigenvalue weighted by Gasteiger charge is -2.23. The maximum atomic E-state index is 14.1. The van der Waals surface area contributed by atoms with E-state index in [-0.39, 0.29) is 79.5 Å². The smallest absolute Gasteiger partial charge is 0.353 e. The number of hydrogen-bond acceptors (Lipinski definition) is 15. The molecule has 10 rings (SSSR count). The summed E-state index contributed by atoms with van der Waals surface area (Å²) in [4.78, 5) is 91.7. The van der Waals surface area contributed by atoms with Crippen LogP contribution in [0.5, 0.6) is 17.2 Å². The maximum absolute atomic E-state index is 14.1. The second-order valence-corrected chi connectivity index (χ2v) is 25.2. The summed E-state index contributed by atoms with van der Waals surface area (Å²) in [6, 6.07) is 28.5. The van der Waals surface area contributed by atoms with Gasteiger partial charge in [0.25, 0.3) is 33.7 Å². The Morgan fingerprint density at radius 3 is 2.14 bits per heavy atom. The van der Waals surface area contributed by atoms with Crippen molar-refractivity contribution in [2.45, 2.75) is 114 Å². The average Bonchev–Trinajstić information content (AvgIpc) is 4.22. The summed E-state index contributed by atoms with van der Waals surface area (Å²) in [5.74, 6) is -2.10. The Balaban J connectivity index is 0.830. The lowest BCUT2D eigenvalue weighted by molar-refractivity contribution is -0.197. The van der Waals surface area contributed by atoms with Crippen molar-refractivity contribution in [1.29, 1.82) is 0 Å². The summed E-state index contributed by atoms with van der Waals surface area (Å²) in [5, 5.41) is 1.25. The molecule has 0 saturated carbocycles. The Hall–Kier alpha value is -7.20. The maximum Gasteiger partial charge on any atom is 0.353 e. The van der Waals surface area contributed by atoms with Crippen molar-refractivity contribution in [3.63, 3.8) is 0 Å². The van der Waals surface area contributed by atoms with Gasteiger partial charge < -0.3 is 29.3 Å². The van der Waals surface area contributed by atoms with Gasteiger partial charge in [-0.2, -0.15) is 8.42 Å². The number of carbonyl (C=O) groups is 6. The molecule has 0 bridgehead atoms. The zero-order chi connectivity index (χ0) is 55.0. The summed E-state index contributed by atoms with van der Waals surface area (Å²) in [6.45, 7) is 5.87. The lowest BCUT2D eigenvalue weighted by atomic mass is 9.98. The Morgan fingerprint density at radius 2 is 1.45 bits per heavy atom. The van der Waals surface area contributed by atoms with Gasteiger partial charge in [-0.05, 0) is 135 Å². The van der Waals surface area contributed by atoms with Crippen molar-refractivity contribution in [1.82, 2.24) is 5.06 Å². The minimum absolute atomic E-state index is 0.0156. The van der Waals surface area contributed by atoms with Crippen molar-refractivity contribution in [3.05, 3.63) is 136 Å². The first-order valence-electron chi connectivity index (χ1n) is 25.6. The van der Waals surface area contributed by atoms with Gasteiger partial charge in [0.2, 0.25) is 5.91 Å². The normalized spacial score (nSPS) is 17.8. The number of anilines is 3. The highest BCUT2D eigenvalue weighted by molar-refractivity contribution is 8.77. The molecule has 5 aliphatic rings. The number of methoxy groups -OCH3 is 1. The first kappa shape index (κ1) is 54.2. The van der Waals surface area contributed by atoms with Crippen LogP contribution >= 0.6 is 21.6 Å². The van der Waals surface area contributed by atoms with E-state index in [2.05, 4.69) is 11.4 Å². The monoisotopic (exact) mass is 1120 g/mol. The molecule has 5 aromatic rings. The Kier molecular flexibility index (Phi) is 15.5. The molecule has 1 fully saturated rings. The van der Waals surface area contributed by atoms with Crippen LogP contribution in [0.25, 0.3) is 0 Å². The van der Waals surface area contributed by atoms with Crippen LogP contribution in [-0.4, -0.2) is 94.7 Å². The molecule has 0 radical (unpaired) electrons. The third-order valence-electron chi connectivity index (χ3n) is 14.4. The van der Waals surface area contributed by atoms with Crippen molar-refractivity contribution in [3.8, 4) is 17.2 Å². The number of nitrogens with zero attached hydrogens (tertiary/aromatic N) is 4. The molecular weight excluding hydrogens is 1060 g/mol. The molecule has 5 heterocycles. The molecule has 2 N–H and O–H groups in total. The minimum Gasteiger partial charge on any atom is -0.493 e. The van der Waals surface area contributed by atoms with E-state index < -0.39 is 37.9 Å². The molecule has 18 nitrogen and oxygen atoms in total. The number of ether oxygens (including phenoxy) is 3. The fourth-order valence-electron chi connectivity index (χ4n) is 10.5. The minimum atomic E-state index is -4.94. The van der Waals surface area contributed by atoms with Crippen LogP contribution in [0.15, 0.2) is 96.0 Å². The van der Waals surface area contributed by atoms with E-state index in [0.29, 0.717) is 64.6 Å². The molecule has 5 aromatic carbocycles. The van der Waals surface area contributed by atoms with Crippen LogP contribution in [0.4, 0.5) is 22.7 Å². The second kappa shape index (κ2) is 22.3. The van der Waals surface area contributed by atoms with Crippen LogP contribution in [0.1, 0.15) is 106 Å². The van der Waals surface area contributed by atoms with Gasteiger partial charge in [0.05, 0.1) is 24.4 Å². The van der Waals surface area contributed by atoms with Crippen LogP contribution in [0, 0.1) is 6.92 Å². The molecule has 5 amide bonds. The summed E-state index contributed by atoms with van der Waals surface area (Å²) in [6.07, 6.45) is 4.53. The van der Waals surface area contributed by atoms with Gasteiger partial charge in [-0.3, -0.25) is 38.4 Å². The molecule has 78 heavy (non-hydrogen) atoms. The Morgan fingerprint density at radius 1 is 0.795 bits per heavy atom. The fraction of sp³-hybridized carbons (Fsp3) is 0.351. The van der Waals surface area contributed by atoms with E-state index in [1.165, 1.54) is 34.3 Å². The number of rotatable bonds is 19. The van der Waals surface area contributed by atoms with Crippen LogP contribution in [-0.2, 0) is 66.6 Å². The third kappa shape index (κ3) is 11.5. The zero-order valence-electron chi connectivity index (χ0n) is 43.3. The largest absolute Gasteiger partial charge is 0.493 e. The van der Waals surface area contributed by atoms with E-state index in [1.807, 2.05) is 92.4 Å². The summed E-state index contributed by atoms with van der Waals surface area (Å²) in [7, 11) is -0.846. The topological polar surface area (TPSA) is 228 Å². The third-order valence-corrected chi connectivity index (χ3v) is 19.0. The highest BCUT2D eigenvalue weighted by atomic mass is 33.1. The van der Waals surface area contributed by atoms with Gasteiger partial charge in [-0.15, -0.1) is 5.06 Å². The standard InChI is InChI=1S/C57H57N5O13S3/c1-33-21-42-36(13-14-40-25-37-9-5-7-11-45(37)60(40)54(42)66)27-47(33)73-31-34-22-35(32-74-49-29-44-43(28-48(49)72-4)55(67)61-41(30-58-44)26-38-10-6-8-12-46(38)61)24-39(23-34)59-51(63)17-19-57(2,3)77-76-20-18-50(78(69,70)71)56(68)75-62-52(64)15-16-53(62)65/h5-12,21-24,27-30,40-41,50H,13-20,25-26,31-32H2,1-4H3,(H,59,63)(H,69,70,71)/t40-,41+,50?/m1/s1. The van der Waals surface area contributed by atoms with Crippen LogP contribution in [0.3, 0.4) is 0 Å². The lowest BCUT2D eigenvalue weighted by Crippen LogP contribution is -2.39. The van der Waals surface area contributed by atoms with E-state index in [0.717, 1.165) is 46.5 Å². The summed E-state index contributed by atoms with van der Waals surface area (Å²) < 4.78 is 52.3. The number of aliphatic imine (C=N–C) groups is 1. The molecule has 1 unspecified atom stereocenters. The number of hydrogen-bond donors (Lipinski definition) is 2. The number of hydroxylamine groups is 2. The number of amides is 5. The SMILES string of the molecule is COc1cc2c(cc1OCc1cc(COc3cc4c(cc3C)C(=O)N3c5ccccc5C[C@H]3CC4)cc(NC(=O)CCC(C)(C)SSCCC(C(=O)ON3C(=O)CCC3=O)S(=O)(=O)O)c1)N=C[C@@H]1Cc3ccccc3N1C2=O. The van der Waals surface area contributed by atoms with E-state index in [9.17, 15) is 41.7 Å². The number of nitrogens with one attached hydrogen (secondary N) is 1. The number of para-hydroxylation sites is 2. The van der Waals surface area contributed by atoms with Gasteiger partial charge >= 0.3 is 5.97 Å². The number of benzene rings is 5. The van der Waals surface area contributed by atoms with Crippen LogP contribution < -0.4 is 29.3 Å². The number of aryl methyl sites for hydroxylation is 2. The van der Waals surface area contributed by atoms with Gasteiger partial charge in [0.1, 0.15) is 19.0 Å². The van der Waals surface area contributed by atoms with E-state index in [4.69, 9.17) is 24.0 Å². The molecule has 406 valence electrons. The molecule has 21 heteroatoms. The molecule has 1 saturated heterocycles. The highest BCUT2D eigenvalue weighted by Gasteiger charge is 2.41. The first-order valence-corrected chi connectivity index (χ1v) is 29.4. The fourth-order valence-corrected chi connectivity index (χ4v) is 14.0. The van der Waals surface area contributed by atoms with Crippen molar-refractivity contribution in [2.75, 3.05) is 28.0 Å². The molecular formula is C57H57N5O13S3. The predicted molar refractivity (Wildman–Crippen MR) is 296 cm³/mol. The molecule has 5 aliphatic heterocycles. The van der Waals surface area contributed by atoms with Crippen molar-refractivity contribution >= 4 is 96.2 Å². The Labute approximate surface area is 459 Å². The number of fused-ring (bicyclic) bond motifs is 8. The average molecular weight is 1120 g/mol. The molecule has 3 atom stereocenters. The molecule has 0 aromatic heterocycles. The van der Waals surface area contributed by atoms with E-state index >= 15 is 0 Å². The highest BCUT2D eigenvalue weighted by Crippen LogP contribution is 2.43. The zero-order valence-corrected chi connectivity index (χ0v) is 45.8. The van der Waals surface area contributed by atoms with Gasteiger partial charge in [0, 0.05) is 77.1 Å². The quantitative estimate of drug-likeness (QED) is 0.0340.